The SMILES string of the molecule is CCC(C)NC(=O)c1sc(COc2ccccc2)nc1C. The fraction of sp³-hybridized carbons (Fsp3) is 0.375. The average molecular weight is 304 g/mol. The number of para-hydroxylation sites is 1. The maximum Gasteiger partial charge on any atom is 0.263 e. The molecule has 1 heterocycles. The zero-order valence-electron chi connectivity index (χ0n) is 12.6. The van der Waals surface area contributed by atoms with Gasteiger partial charge in [-0.2, -0.15) is 0 Å². The van der Waals surface area contributed by atoms with E-state index in [0.717, 1.165) is 22.9 Å². The summed E-state index contributed by atoms with van der Waals surface area (Å²) in [6.07, 6.45) is 0.910. The lowest BCUT2D eigenvalue weighted by Crippen LogP contribution is -2.31. The van der Waals surface area contributed by atoms with Crippen LogP contribution in [0.15, 0.2) is 30.3 Å². The maximum atomic E-state index is 12.1. The summed E-state index contributed by atoms with van der Waals surface area (Å²) in [5.74, 6) is 0.751. The van der Waals surface area contributed by atoms with Crippen LogP contribution in [-0.4, -0.2) is 16.9 Å². The monoisotopic (exact) mass is 304 g/mol. The molecule has 1 atom stereocenters. The maximum absolute atomic E-state index is 12.1. The summed E-state index contributed by atoms with van der Waals surface area (Å²) >= 11 is 1.39. The van der Waals surface area contributed by atoms with Crippen LogP contribution >= 0.6 is 11.3 Å². The van der Waals surface area contributed by atoms with Gasteiger partial charge in [0.05, 0.1) is 5.69 Å². The number of rotatable bonds is 6. The second-order valence-electron chi connectivity index (χ2n) is 4.91. The van der Waals surface area contributed by atoms with Crippen LogP contribution in [0.3, 0.4) is 0 Å². The minimum atomic E-state index is -0.0506. The Balaban J connectivity index is 2.00. The third-order valence-electron chi connectivity index (χ3n) is 3.14. The highest BCUT2D eigenvalue weighted by atomic mass is 32.1. The molecule has 2 rings (SSSR count). The number of aryl methyl sites for hydroxylation is 1. The molecule has 21 heavy (non-hydrogen) atoms. The van der Waals surface area contributed by atoms with E-state index in [-0.39, 0.29) is 11.9 Å². The topological polar surface area (TPSA) is 51.2 Å². The summed E-state index contributed by atoms with van der Waals surface area (Å²) < 4.78 is 5.66. The molecule has 1 aromatic heterocycles. The van der Waals surface area contributed by atoms with Crippen molar-refractivity contribution in [2.24, 2.45) is 0 Å². The molecule has 0 aliphatic rings. The van der Waals surface area contributed by atoms with E-state index in [1.54, 1.807) is 0 Å². The van der Waals surface area contributed by atoms with Crippen molar-refractivity contribution in [3.63, 3.8) is 0 Å². The first-order valence-electron chi connectivity index (χ1n) is 7.05. The van der Waals surface area contributed by atoms with E-state index >= 15 is 0 Å². The quantitative estimate of drug-likeness (QED) is 0.887. The predicted octanol–water partition coefficient (Wildman–Crippen LogP) is 3.56. The minimum Gasteiger partial charge on any atom is -0.486 e. The van der Waals surface area contributed by atoms with Crippen LogP contribution in [0.25, 0.3) is 0 Å². The molecule has 0 spiro atoms. The third kappa shape index (κ3) is 4.29. The van der Waals surface area contributed by atoms with Gasteiger partial charge in [-0.15, -0.1) is 11.3 Å². The molecule has 1 unspecified atom stereocenters. The van der Waals surface area contributed by atoms with Crippen LogP contribution in [0.2, 0.25) is 0 Å². The van der Waals surface area contributed by atoms with Gasteiger partial charge in [0.15, 0.2) is 0 Å². The van der Waals surface area contributed by atoms with E-state index in [4.69, 9.17) is 4.74 Å². The number of carbonyl (C=O) groups excluding carboxylic acids is 1. The molecule has 0 fully saturated rings. The zero-order valence-corrected chi connectivity index (χ0v) is 13.4. The molecule has 0 saturated carbocycles. The average Bonchev–Trinajstić information content (AvgIpc) is 2.87. The molecule has 1 amide bonds. The van der Waals surface area contributed by atoms with Crippen LogP contribution in [0.5, 0.6) is 5.75 Å². The lowest BCUT2D eigenvalue weighted by atomic mass is 10.2. The Kier molecular flexibility index (Phi) is 5.33. The Hall–Kier alpha value is -1.88. The molecule has 112 valence electrons. The largest absolute Gasteiger partial charge is 0.486 e. The number of hydrogen-bond acceptors (Lipinski definition) is 4. The minimum absolute atomic E-state index is 0.0506. The standard InChI is InChI=1S/C16H20N2O2S/c1-4-11(2)17-16(19)15-12(3)18-14(21-15)10-20-13-8-6-5-7-9-13/h5-9,11H,4,10H2,1-3H3,(H,17,19). The van der Waals surface area contributed by atoms with Crippen molar-refractivity contribution in [2.75, 3.05) is 0 Å². The van der Waals surface area contributed by atoms with Gasteiger partial charge in [0.25, 0.3) is 5.91 Å². The first-order chi connectivity index (χ1) is 10.1. The highest BCUT2D eigenvalue weighted by Gasteiger charge is 2.16. The number of thiazole rings is 1. The van der Waals surface area contributed by atoms with E-state index in [1.807, 2.05) is 51.1 Å². The first kappa shape index (κ1) is 15.5. The van der Waals surface area contributed by atoms with Gasteiger partial charge in [-0.1, -0.05) is 25.1 Å². The van der Waals surface area contributed by atoms with E-state index in [1.165, 1.54) is 11.3 Å². The highest BCUT2D eigenvalue weighted by molar-refractivity contribution is 7.13. The Morgan fingerprint density at radius 1 is 1.38 bits per heavy atom. The summed E-state index contributed by atoms with van der Waals surface area (Å²) in [5, 5.41) is 3.78. The smallest absolute Gasteiger partial charge is 0.263 e. The number of hydrogen-bond donors (Lipinski definition) is 1. The molecular formula is C16H20N2O2S. The number of ether oxygens (including phenoxy) is 1. The number of nitrogens with one attached hydrogen (secondary N) is 1. The third-order valence-corrected chi connectivity index (χ3v) is 4.27. The predicted molar refractivity (Wildman–Crippen MR) is 84.8 cm³/mol. The van der Waals surface area contributed by atoms with Crippen molar-refractivity contribution in [3.8, 4) is 5.75 Å². The van der Waals surface area contributed by atoms with Crippen LogP contribution < -0.4 is 10.1 Å². The molecule has 0 aliphatic carbocycles. The molecule has 0 saturated heterocycles. The van der Waals surface area contributed by atoms with E-state index < -0.39 is 0 Å². The summed E-state index contributed by atoms with van der Waals surface area (Å²) in [4.78, 5) is 17.2. The molecule has 1 N–H and O–H groups in total. The normalized spacial score (nSPS) is 12.0. The number of benzene rings is 1. The van der Waals surface area contributed by atoms with Crippen LogP contribution in [0, 0.1) is 6.92 Å². The van der Waals surface area contributed by atoms with Gasteiger partial charge < -0.3 is 10.1 Å². The van der Waals surface area contributed by atoms with Crippen molar-refractivity contribution in [3.05, 3.63) is 45.9 Å². The van der Waals surface area contributed by atoms with E-state index in [9.17, 15) is 4.79 Å². The lowest BCUT2D eigenvalue weighted by Gasteiger charge is -2.10. The second-order valence-corrected chi connectivity index (χ2v) is 5.99. The lowest BCUT2D eigenvalue weighted by molar-refractivity contribution is 0.0942. The van der Waals surface area contributed by atoms with E-state index in [0.29, 0.717) is 11.5 Å². The molecule has 0 radical (unpaired) electrons. The zero-order chi connectivity index (χ0) is 15.2. The number of aromatic nitrogens is 1. The van der Waals surface area contributed by atoms with Crippen LogP contribution in [0.4, 0.5) is 0 Å². The van der Waals surface area contributed by atoms with Gasteiger partial charge in [-0.3, -0.25) is 4.79 Å². The van der Waals surface area contributed by atoms with Gasteiger partial charge in [0.1, 0.15) is 22.2 Å². The summed E-state index contributed by atoms with van der Waals surface area (Å²) in [6, 6.07) is 9.76. The summed E-state index contributed by atoms with van der Waals surface area (Å²) in [5.41, 5.74) is 0.757. The van der Waals surface area contributed by atoms with Gasteiger partial charge in [-0.05, 0) is 32.4 Å². The molecule has 0 aliphatic heterocycles. The second kappa shape index (κ2) is 7.22. The Labute approximate surface area is 129 Å². The Morgan fingerprint density at radius 2 is 2.10 bits per heavy atom. The van der Waals surface area contributed by atoms with Crippen LogP contribution in [-0.2, 0) is 6.61 Å². The number of nitrogens with zero attached hydrogens (tertiary/aromatic N) is 1. The fourth-order valence-corrected chi connectivity index (χ4v) is 2.66. The molecule has 5 heteroatoms. The van der Waals surface area contributed by atoms with Gasteiger partial charge in [0.2, 0.25) is 0 Å². The molecule has 2 aromatic rings. The van der Waals surface area contributed by atoms with Crippen molar-refractivity contribution < 1.29 is 9.53 Å². The van der Waals surface area contributed by atoms with Crippen molar-refractivity contribution in [1.82, 2.24) is 10.3 Å². The molecule has 1 aromatic carbocycles. The van der Waals surface area contributed by atoms with Gasteiger partial charge in [0, 0.05) is 6.04 Å². The highest BCUT2D eigenvalue weighted by Crippen LogP contribution is 2.20. The van der Waals surface area contributed by atoms with Gasteiger partial charge in [-0.25, -0.2) is 4.98 Å². The number of amides is 1. The summed E-state index contributed by atoms with van der Waals surface area (Å²) in [7, 11) is 0. The molecule has 4 nitrogen and oxygen atoms in total. The molecule has 0 bridgehead atoms. The van der Waals surface area contributed by atoms with Gasteiger partial charge >= 0.3 is 0 Å². The number of carbonyl (C=O) groups is 1. The van der Waals surface area contributed by atoms with E-state index in [2.05, 4.69) is 10.3 Å². The summed E-state index contributed by atoms with van der Waals surface area (Å²) in [6.45, 7) is 6.28. The van der Waals surface area contributed by atoms with Crippen LogP contribution in [0.1, 0.15) is 40.6 Å². The van der Waals surface area contributed by atoms with Crippen molar-refractivity contribution in [2.45, 2.75) is 39.8 Å². The van der Waals surface area contributed by atoms with Crippen molar-refractivity contribution >= 4 is 17.2 Å². The Morgan fingerprint density at radius 3 is 2.76 bits per heavy atom. The van der Waals surface area contributed by atoms with Crippen molar-refractivity contribution in [1.29, 1.82) is 0 Å². The Bertz CT molecular complexity index is 596. The fourth-order valence-electron chi connectivity index (χ4n) is 1.78. The molecular weight excluding hydrogens is 284 g/mol. The first-order valence-corrected chi connectivity index (χ1v) is 7.86.